The van der Waals surface area contributed by atoms with E-state index in [-0.39, 0.29) is 42.7 Å². The van der Waals surface area contributed by atoms with Crippen molar-refractivity contribution in [1.82, 2.24) is 9.88 Å². The Labute approximate surface area is 159 Å². The molecule has 2 heterocycles. The van der Waals surface area contributed by atoms with Crippen molar-refractivity contribution >= 4 is 52.3 Å². The molecule has 0 radical (unpaired) electrons. The van der Waals surface area contributed by atoms with Crippen LogP contribution in [0, 0.1) is 5.92 Å². The topological polar surface area (TPSA) is 59.2 Å². The van der Waals surface area contributed by atoms with Crippen LogP contribution in [0.5, 0.6) is 0 Å². The van der Waals surface area contributed by atoms with Crippen LogP contribution in [-0.4, -0.2) is 34.9 Å². The largest absolute Gasteiger partial charge is 0.342 e. The molecule has 4 nitrogen and oxygen atoms in total. The number of amides is 1. The number of benzene rings is 1. The fourth-order valence-corrected chi connectivity index (χ4v) is 4.06. The van der Waals surface area contributed by atoms with Gasteiger partial charge in [-0.15, -0.1) is 36.2 Å². The number of piperidine rings is 1. The van der Waals surface area contributed by atoms with Gasteiger partial charge in [0.15, 0.2) is 0 Å². The maximum atomic E-state index is 12.4. The average molecular weight is 390 g/mol. The van der Waals surface area contributed by atoms with E-state index in [4.69, 9.17) is 10.7 Å². The summed E-state index contributed by atoms with van der Waals surface area (Å²) in [6.45, 7) is 5.45. The van der Waals surface area contributed by atoms with Crippen molar-refractivity contribution in [3.05, 3.63) is 29.3 Å². The normalized spacial score (nSPS) is 17.7. The molecule has 1 amide bonds. The Morgan fingerprint density at radius 2 is 1.88 bits per heavy atom. The summed E-state index contributed by atoms with van der Waals surface area (Å²) in [5, 5.41) is 1.22. The highest BCUT2D eigenvalue weighted by molar-refractivity contribution is 7.18. The van der Waals surface area contributed by atoms with Crippen LogP contribution in [-0.2, 0) is 4.79 Å². The molecule has 1 fully saturated rings. The number of para-hydroxylation sites is 1. The van der Waals surface area contributed by atoms with E-state index in [2.05, 4.69) is 18.2 Å². The van der Waals surface area contributed by atoms with Gasteiger partial charge >= 0.3 is 0 Å². The quantitative estimate of drug-likeness (QED) is 0.867. The molecule has 1 aliphatic heterocycles. The second kappa shape index (κ2) is 8.99. The van der Waals surface area contributed by atoms with Gasteiger partial charge in [-0.05, 0) is 31.9 Å². The standard InChI is InChI=1S/C17H23N3OS.2ClH/c1-11(12(2)18)17(21)20-9-7-13(8-10-20)16-19-14-5-3-4-6-15(14)22-16;;/h3-6,11-13H,7-10,18H2,1-2H3;2*1H. The number of fused-ring (bicyclic) bond motifs is 1. The minimum Gasteiger partial charge on any atom is -0.342 e. The first-order valence-electron chi connectivity index (χ1n) is 7.96. The van der Waals surface area contributed by atoms with Crippen LogP contribution in [0.3, 0.4) is 0 Å². The van der Waals surface area contributed by atoms with Crippen molar-refractivity contribution in [2.24, 2.45) is 11.7 Å². The number of carbonyl (C=O) groups is 1. The summed E-state index contributed by atoms with van der Waals surface area (Å²) in [7, 11) is 0. The first-order chi connectivity index (χ1) is 10.6. The Balaban J connectivity index is 0.00000144. The van der Waals surface area contributed by atoms with Crippen LogP contribution in [0.1, 0.15) is 37.6 Å². The van der Waals surface area contributed by atoms with Crippen molar-refractivity contribution in [1.29, 1.82) is 0 Å². The van der Waals surface area contributed by atoms with Gasteiger partial charge in [0.25, 0.3) is 0 Å². The molecule has 0 saturated carbocycles. The predicted molar refractivity (Wildman–Crippen MR) is 105 cm³/mol. The lowest BCUT2D eigenvalue weighted by atomic mass is 9.95. The zero-order valence-corrected chi connectivity index (χ0v) is 16.4. The van der Waals surface area contributed by atoms with Crippen LogP contribution in [0.15, 0.2) is 24.3 Å². The van der Waals surface area contributed by atoms with Crippen molar-refractivity contribution < 1.29 is 4.79 Å². The van der Waals surface area contributed by atoms with E-state index in [0.717, 1.165) is 31.4 Å². The first-order valence-corrected chi connectivity index (χ1v) is 8.77. The smallest absolute Gasteiger partial charge is 0.226 e. The third-order valence-electron chi connectivity index (χ3n) is 4.64. The Kier molecular flexibility index (Phi) is 7.93. The second-order valence-electron chi connectivity index (χ2n) is 6.27. The molecule has 0 aliphatic carbocycles. The fourth-order valence-electron chi connectivity index (χ4n) is 2.92. The van der Waals surface area contributed by atoms with Crippen LogP contribution in [0.4, 0.5) is 0 Å². The van der Waals surface area contributed by atoms with Crippen LogP contribution >= 0.6 is 36.2 Å². The molecule has 1 aromatic carbocycles. The van der Waals surface area contributed by atoms with Crippen molar-refractivity contribution in [2.75, 3.05) is 13.1 Å². The van der Waals surface area contributed by atoms with Crippen molar-refractivity contribution in [3.8, 4) is 0 Å². The number of thiazole rings is 1. The Morgan fingerprint density at radius 1 is 1.25 bits per heavy atom. The van der Waals surface area contributed by atoms with Gasteiger partial charge in [0.05, 0.1) is 21.1 Å². The first kappa shape index (κ1) is 21.2. The van der Waals surface area contributed by atoms with Gasteiger partial charge in [0, 0.05) is 25.0 Å². The molecule has 3 rings (SSSR count). The van der Waals surface area contributed by atoms with Gasteiger partial charge < -0.3 is 10.6 Å². The molecule has 2 atom stereocenters. The van der Waals surface area contributed by atoms with Crippen LogP contribution in [0.25, 0.3) is 10.2 Å². The molecule has 134 valence electrons. The number of rotatable bonds is 3. The fraction of sp³-hybridized carbons (Fsp3) is 0.529. The van der Waals surface area contributed by atoms with E-state index in [1.54, 1.807) is 11.3 Å². The number of halogens is 2. The third-order valence-corrected chi connectivity index (χ3v) is 5.84. The molecule has 7 heteroatoms. The predicted octanol–water partition coefficient (Wildman–Crippen LogP) is 3.83. The molecular weight excluding hydrogens is 365 g/mol. The Morgan fingerprint density at radius 3 is 2.46 bits per heavy atom. The number of nitrogens with two attached hydrogens (primary N) is 1. The molecular formula is C17H25Cl2N3OS. The molecule has 1 aliphatic rings. The van der Waals surface area contributed by atoms with Crippen molar-refractivity contribution in [3.63, 3.8) is 0 Å². The SMILES string of the molecule is CC(N)C(C)C(=O)N1CCC(c2nc3ccccc3s2)CC1.Cl.Cl. The Hall–Kier alpha value is -0.880. The summed E-state index contributed by atoms with van der Waals surface area (Å²) < 4.78 is 1.25. The Bertz CT molecular complexity index is 636. The summed E-state index contributed by atoms with van der Waals surface area (Å²) in [4.78, 5) is 19.1. The van der Waals surface area contributed by atoms with Crippen LogP contribution < -0.4 is 5.73 Å². The summed E-state index contributed by atoms with van der Waals surface area (Å²) >= 11 is 1.79. The highest BCUT2D eigenvalue weighted by Crippen LogP contribution is 2.34. The molecule has 2 unspecified atom stereocenters. The minimum atomic E-state index is -0.0981. The summed E-state index contributed by atoms with van der Waals surface area (Å²) in [6.07, 6.45) is 1.99. The molecule has 1 saturated heterocycles. The molecule has 24 heavy (non-hydrogen) atoms. The van der Waals surface area contributed by atoms with Gasteiger partial charge in [-0.25, -0.2) is 4.98 Å². The molecule has 1 aromatic heterocycles. The van der Waals surface area contributed by atoms with Gasteiger partial charge in [-0.3, -0.25) is 4.79 Å². The number of likely N-dealkylation sites (tertiary alicyclic amines) is 1. The van der Waals surface area contributed by atoms with Gasteiger partial charge in [0.2, 0.25) is 5.91 Å². The van der Waals surface area contributed by atoms with Crippen LogP contribution in [0.2, 0.25) is 0 Å². The highest BCUT2D eigenvalue weighted by atomic mass is 35.5. The summed E-state index contributed by atoms with van der Waals surface area (Å²) in [5.74, 6) is 0.573. The maximum absolute atomic E-state index is 12.4. The lowest BCUT2D eigenvalue weighted by Crippen LogP contribution is -2.45. The average Bonchev–Trinajstić information content (AvgIpc) is 2.97. The minimum absolute atomic E-state index is 0. The van der Waals surface area contributed by atoms with Gasteiger partial charge in [-0.2, -0.15) is 0 Å². The zero-order valence-electron chi connectivity index (χ0n) is 14.0. The highest BCUT2D eigenvalue weighted by Gasteiger charge is 2.29. The van der Waals surface area contributed by atoms with E-state index >= 15 is 0 Å². The zero-order chi connectivity index (χ0) is 15.7. The summed E-state index contributed by atoms with van der Waals surface area (Å²) in [6, 6.07) is 8.19. The van der Waals surface area contributed by atoms with Gasteiger partial charge in [0.1, 0.15) is 0 Å². The summed E-state index contributed by atoms with van der Waals surface area (Å²) in [5.41, 5.74) is 6.94. The second-order valence-corrected chi connectivity index (χ2v) is 7.33. The third kappa shape index (κ3) is 4.39. The molecule has 0 spiro atoms. The van der Waals surface area contributed by atoms with E-state index in [0.29, 0.717) is 5.92 Å². The number of aromatic nitrogens is 1. The maximum Gasteiger partial charge on any atom is 0.226 e. The molecule has 2 N–H and O–H groups in total. The molecule has 0 bridgehead atoms. The van der Waals surface area contributed by atoms with Crippen molar-refractivity contribution in [2.45, 2.75) is 38.6 Å². The number of nitrogens with zero attached hydrogens (tertiary/aromatic N) is 2. The van der Waals surface area contributed by atoms with E-state index in [1.807, 2.05) is 24.8 Å². The van der Waals surface area contributed by atoms with E-state index < -0.39 is 0 Å². The van der Waals surface area contributed by atoms with E-state index in [1.165, 1.54) is 9.71 Å². The van der Waals surface area contributed by atoms with Gasteiger partial charge in [-0.1, -0.05) is 19.1 Å². The lowest BCUT2D eigenvalue weighted by molar-refractivity contribution is -0.136. The monoisotopic (exact) mass is 389 g/mol. The number of hydrogen-bond acceptors (Lipinski definition) is 4. The van der Waals surface area contributed by atoms with E-state index in [9.17, 15) is 4.79 Å². The number of carbonyl (C=O) groups excluding carboxylic acids is 1. The number of hydrogen-bond donors (Lipinski definition) is 1. The molecule has 2 aromatic rings. The lowest BCUT2D eigenvalue weighted by Gasteiger charge is -2.33.